The lowest BCUT2D eigenvalue weighted by molar-refractivity contribution is 0.0736. The summed E-state index contributed by atoms with van der Waals surface area (Å²) < 4.78 is 7.39. The third-order valence-corrected chi connectivity index (χ3v) is 5.04. The number of benzene rings is 1. The Labute approximate surface area is 156 Å². The molecule has 134 valence electrons. The zero-order chi connectivity index (χ0) is 18.4. The van der Waals surface area contributed by atoms with Gasteiger partial charge in [0.25, 0.3) is 5.91 Å². The predicted molar refractivity (Wildman–Crippen MR) is 100 cm³/mol. The molecule has 0 fully saturated rings. The number of nitrogens with zero attached hydrogens (tertiary/aromatic N) is 4. The van der Waals surface area contributed by atoms with Crippen molar-refractivity contribution >= 4 is 11.6 Å². The lowest BCUT2D eigenvalue weighted by Gasteiger charge is -2.28. The molecule has 0 spiro atoms. The normalized spacial score (nSPS) is 13.7. The van der Waals surface area contributed by atoms with E-state index in [1.54, 1.807) is 16.9 Å². The molecule has 0 atom stereocenters. The van der Waals surface area contributed by atoms with Gasteiger partial charge >= 0.3 is 0 Å². The van der Waals surface area contributed by atoms with Crippen LogP contribution in [0.5, 0.6) is 0 Å². The molecule has 4 aromatic rings. The van der Waals surface area contributed by atoms with E-state index < -0.39 is 0 Å². The minimum absolute atomic E-state index is 0.0419. The average molecular weight is 358 g/mol. The molecule has 0 aliphatic carbocycles. The van der Waals surface area contributed by atoms with E-state index in [0.29, 0.717) is 30.1 Å². The number of rotatable bonds is 2. The van der Waals surface area contributed by atoms with Gasteiger partial charge in [-0.15, -0.1) is 0 Å². The fraction of sp³-hybridized carbons (Fsp3) is 0.190. The summed E-state index contributed by atoms with van der Waals surface area (Å²) in [6.45, 7) is 3.21. The Morgan fingerprint density at radius 3 is 2.78 bits per heavy atom. The largest absolute Gasteiger partial charge is 0.460 e. The highest BCUT2D eigenvalue weighted by atomic mass is 16.3. The van der Waals surface area contributed by atoms with Crippen molar-refractivity contribution in [2.75, 3.05) is 6.54 Å². The van der Waals surface area contributed by atoms with Gasteiger partial charge in [0.05, 0.1) is 6.20 Å². The molecule has 6 heteroatoms. The van der Waals surface area contributed by atoms with Gasteiger partial charge in [0.15, 0.2) is 11.4 Å². The Morgan fingerprint density at radius 2 is 1.96 bits per heavy atom. The predicted octanol–water partition coefficient (Wildman–Crippen LogP) is 3.50. The van der Waals surface area contributed by atoms with E-state index in [4.69, 9.17) is 4.42 Å². The monoisotopic (exact) mass is 358 g/mol. The number of fused-ring (bicyclic) bond motifs is 2. The van der Waals surface area contributed by atoms with Gasteiger partial charge in [-0.05, 0) is 42.7 Å². The molecule has 0 bridgehead atoms. The molecule has 1 aliphatic rings. The van der Waals surface area contributed by atoms with Gasteiger partial charge < -0.3 is 9.32 Å². The van der Waals surface area contributed by atoms with Gasteiger partial charge in [-0.3, -0.25) is 4.79 Å². The molecule has 0 saturated heterocycles. The average Bonchev–Trinajstić information content (AvgIpc) is 3.33. The summed E-state index contributed by atoms with van der Waals surface area (Å²) in [5.41, 5.74) is 4.35. The first-order valence-electron chi connectivity index (χ1n) is 8.96. The highest BCUT2D eigenvalue weighted by Gasteiger charge is 2.25. The van der Waals surface area contributed by atoms with Crippen molar-refractivity contribution in [3.8, 4) is 11.5 Å². The second-order valence-corrected chi connectivity index (χ2v) is 6.78. The van der Waals surface area contributed by atoms with Gasteiger partial charge in [-0.2, -0.15) is 5.10 Å². The van der Waals surface area contributed by atoms with Crippen LogP contribution in [0.1, 0.15) is 27.2 Å². The maximum Gasteiger partial charge on any atom is 0.259 e. The zero-order valence-corrected chi connectivity index (χ0v) is 14.9. The first kappa shape index (κ1) is 15.8. The first-order chi connectivity index (χ1) is 13.2. The van der Waals surface area contributed by atoms with E-state index in [2.05, 4.69) is 22.2 Å². The molecule has 1 aliphatic heterocycles. The molecular formula is C21H18N4O2. The molecule has 1 amide bonds. The van der Waals surface area contributed by atoms with Gasteiger partial charge in [0.1, 0.15) is 17.0 Å². The van der Waals surface area contributed by atoms with Crippen molar-refractivity contribution in [1.29, 1.82) is 0 Å². The number of aromatic nitrogens is 3. The summed E-state index contributed by atoms with van der Waals surface area (Å²) >= 11 is 0. The third kappa shape index (κ3) is 2.61. The second-order valence-electron chi connectivity index (χ2n) is 6.78. The van der Waals surface area contributed by atoms with Crippen LogP contribution in [-0.2, 0) is 13.0 Å². The van der Waals surface area contributed by atoms with Crippen LogP contribution in [0.4, 0.5) is 0 Å². The number of hydrogen-bond donors (Lipinski definition) is 0. The fourth-order valence-electron chi connectivity index (χ4n) is 3.64. The van der Waals surface area contributed by atoms with Crippen molar-refractivity contribution in [2.45, 2.75) is 19.9 Å². The molecule has 3 aromatic heterocycles. The summed E-state index contributed by atoms with van der Waals surface area (Å²) in [7, 11) is 0. The molecule has 27 heavy (non-hydrogen) atoms. The SMILES string of the molecule is Cc1ccc(-c2ccnc3c(C(=O)N4CCc5ccccc5C4)cnn23)o1. The van der Waals surface area contributed by atoms with E-state index in [9.17, 15) is 4.79 Å². The maximum absolute atomic E-state index is 13.1. The van der Waals surface area contributed by atoms with Gasteiger partial charge in [-0.25, -0.2) is 9.50 Å². The van der Waals surface area contributed by atoms with Crippen molar-refractivity contribution < 1.29 is 9.21 Å². The van der Waals surface area contributed by atoms with Gasteiger partial charge in [0, 0.05) is 19.3 Å². The van der Waals surface area contributed by atoms with Crippen LogP contribution in [0.2, 0.25) is 0 Å². The number of carbonyl (C=O) groups excluding carboxylic acids is 1. The lowest BCUT2D eigenvalue weighted by Crippen LogP contribution is -2.35. The van der Waals surface area contributed by atoms with Crippen molar-refractivity contribution in [3.05, 3.63) is 77.3 Å². The standard InChI is InChI=1S/C21H18N4O2/c1-14-6-7-19(27-14)18-8-10-22-20-17(12-23-25(18)20)21(26)24-11-9-15-4-2-3-5-16(15)13-24/h2-8,10,12H,9,11,13H2,1H3. The second kappa shape index (κ2) is 6.09. The number of hydrogen-bond acceptors (Lipinski definition) is 4. The summed E-state index contributed by atoms with van der Waals surface area (Å²) in [5.74, 6) is 1.49. The third-order valence-electron chi connectivity index (χ3n) is 5.04. The van der Waals surface area contributed by atoms with Gasteiger partial charge in [-0.1, -0.05) is 24.3 Å². The molecule has 1 aromatic carbocycles. The van der Waals surface area contributed by atoms with Crippen LogP contribution < -0.4 is 0 Å². The molecule has 4 heterocycles. The fourth-order valence-corrected chi connectivity index (χ4v) is 3.64. The van der Waals surface area contributed by atoms with Crippen LogP contribution in [0.25, 0.3) is 17.1 Å². The lowest BCUT2D eigenvalue weighted by atomic mass is 9.99. The number of carbonyl (C=O) groups is 1. The molecule has 0 unspecified atom stereocenters. The minimum atomic E-state index is -0.0419. The summed E-state index contributed by atoms with van der Waals surface area (Å²) in [6.07, 6.45) is 4.16. The van der Waals surface area contributed by atoms with Crippen LogP contribution in [0, 0.1) is 6.92 Å². The molecule has 6 nitrogen and oxygen atoms in total. The molecule has 0 radical (unpaired) electrons. The van der Waals surface area contributed by atoms with E-state index in [1.807, 2.05) is 42.2 Å². The van der Waals surface area contributed by atoms with Crippen LogP contribution in [0.3, 0.4) is 0 Å². The quantitative estimate of drug-likeness (QED) is 0.550. The maximum atomic E-state index is 13.1. The molecular weight excluding hydrogens is 340 g/mol. The van der Waals surface area contributed by atoms with Crippen LogP contribution in [-0.4, -0.2) is 31.9 Å². The van der Waals surface area contributed by atoms with Crippen molar-refractivity contribution in [3.63, 3.8) is 0 Å². The van der Waals surface area contributed by atoms with E-state index in [0.717, 1.165) is 17.9 Å². The molecule has 0 N–H and O–H groups in total. The molecule has 5 rings (SSSR count). The van der Waals surface area contributed by atoms with Crippen LogP contribution >= 0.6 is 0 Å². The highest BCUT2D eigenvalue weighted by molar-refractivity contribution is 6.00. The van der Waals surface area contributed by atoms with E-state index in [1.165, 1.54) is 11.1 Å². The first-order valence-corrected chi connectivity index (χ1v) is 8.96. The Bertz CT molecular complexity index is 1160. The van der Waals surface area contributed by atoms with E-state index >= 15 is 0 Å². The Morgan fingerprint density at radius 1 is 1.11 bits per heavy atom. The number of furan rings is 1. The summed E-state index contributed by atoms with van der Waals surface area (Å²) in [6, 6.07) is 13.9. The van der Waals surface area contributed by atoms with Gasteiger partial charge in [0.2, 0.25) is 0 Å². The Hall–Kier alpha value is -3.41. The highest BCUT2D eigenvalue weighted by Crippen LogP contribution is 2.25. The Balaban J connectivity index is 1.52. The Kier molecular flexibility index (Phi) is 3.57. The topological polar surface area (TPSA) is 63.6 Å². The number of amides is 1. The van der Waals surface area contributed by atoms with E-state index in [-0.39, 0.29) is 5.91 Å². The smallest absolute Gasteiger partial charge is 0.259 e. The summed E-state index contributed by atoms with van der Waals surface area (Å²) in [5, 5.41) is 4.41. The molecule has 0 saturated carbocycles. The van der Waals surface area contributed by atoms with Crippen LogP contribution in [0.15, 0.2) is 59.3 Å². The minimum Gasteiger partial charge on any atom is -0.460 e. The number of aryl methyl sites for hydroxylation is 1. The summed E-state index contributed by atoms with van der Waals surface area (Å²) in [4.78, 5) is 19.4. The van der Waals surface area contributed by atoms with Crippen molar-refractivity contribution in [2.24, 2.45) is 0 Å². The zero-order valence-electron chi connectivity index (χ0n) is 14.9. The van der Waals surface area contributed by atoms with Crippen molar-refractivity contribution in [1.82, 2.24) is 19.5 Å².